The minimum atomic E-state index is -6.39. The van der Waals surface area contributed by atoms with Crippen LogP contribution in [0.25, 0.3) is 0 Å². The average Bonchev–Trinajstić information content (AvgIpc) is 2.51. The molecule has 0 aromatic heterocycles. The molecule has 1 saturated carbocycles. The topological polar surface area (TPSA) is 113 Å². The summed E-state index contributed by atoms with van der Waals surface area (Å²) in [5.41, 5.74) is -5.46. The smallest absolute Gasteiger partial charge is 0.438 e. The molecule has 0 bridgehead atoms. The molecule has 1 N–H and O–H groups in total. The predicted octanol–water partition coefficient (Wildman–Crippen LogP) is 2.49. The van der Waals surface area contributed by atoms with Crippen LogP contribution in [-0.2, 0) is 24.4 Å². The summed E-state index contributed by atoms with van der Waals surface area (Å²) in [5, 5.41) is 9.64. The molecule has 172 valence electrons. The highest BCUT2D eigenvalue weighted by molar-refractivity contribution is 7.85. The Balaban J connectivity index is 2.97. The quantitative estimate of drug-likeness (QED) is 0.269. The van der Waals surface area contributed by atoms with E-state index in [1.54, 1.807) is 13.8 Å². The Morgan fingerprint density at radius 3 is 1.86 bits per heavy atom. The van der Waals surface area contributed by atoms with Gasteiger partial charge >= 0.3 is 23.9 Å². The number of ether oxygens (including phenoxy) is 2. The van der Waals surface area contributed by atoms with Gasteiger partial charge in [-0.25, -0.2) is 8.42 Å². The Morgan fingerprint density at radius 1 is 1.07 bits per heavy atom. The van der Waals surface area contributed by atoms with Gasteiger partial charge in [0.15, 0.2) is 6.29 Å². The monoisotopic (exact) mass is 459 g/mol. The number of hydrogen-bond donors (Lipinski definition) is 1. The second-order valence-electron chi connectivity index (χ2n) is 7.19. The van der Waals surface area contributed by atoms with Crippen molar-refractivity contribution >= 4 is 16.1 Å². The van der Waals surface area contributed by atoms with E-state index in [1.807, 2.05) is 0 Å². The van der Waals surface area contributed by atoms with Crippen LogP contribution in [0.4, 0.5) is 26.3 Å². The minimum Gasteiger partial charge on any atom is -0.748 e. The van der Waals surface area contributed by atoms with Gasteiger partial charge in [-0.2, -0.15) is 26.3 Å². The van der Waals surface area contributed by atoms with Gasteiger partial charge in [0.25, 0.3) is 0 Å². The number of hydrogen-bond acceptors (Lipinski definition) is 7. The second kappa shape index (κ2) is 8.94. The average molecular weight is 459 g/mol. The van der Waals surface area contributed by atoms with Crippen molar-refractivity contribution in [1.82, 2.24) is 0 Å². The van der Waals surface area contributed by atoms with Crippen LogP contribution in [0.15, 0.2) is 0 Å². The van der Waals surface area contributed by atoms with Crippen molar-refractivity contribution < 1.29 is 58.7 Å². The third kappa shape index (κ3) is 6.69. The zero-order valence-electron chi connectivity index (χ0n) is 15.4. The summed E-state index contributed by atoms with van der Waals surface area (Å²) in [7, 11) is -6.07. The first-order valence-corrected chi connectivity index (χ1v) is 10.1. The van der Waals surface area contributed by atoms with Gasteiger partial charge in [-0.1, -0.05) is 13.8 Å². The molecular formula is C15H21F6O7S-. The molecule has 0 amide bonds. The molecular weight excluding hydrogens is 438 g/mol. The van der Waals surface area contributed by atoms with E-state index in [9.17, 15) is 49.2 Å². The first kappa shape index (κ1) is 25.9. The fourth-order valence-electron chi connectivity index (χ4n) is 2.76. The van der Waals surface area contributed by atoms with Gasteiger partial charge in [0.2, 0.25) is 0 Å². The Kier molecular flexibility index (Phi) is 7.99. The maximum Gasteiger partial charge on any atom is 0.438 e. The molecule has 1 atom stereocenters. The zero-order chi connectivity index (χ0) is 22.8. The molecule has 0 unspecified atom stereocenters. The van der Waals surface area contributed by atoms with Crippen molar-refractivity contribution in [3.8, 4) is 0 Å². The molecule has 1 aliphatic carbocycles. The van der Waals surface area contributed by atoms with Crippen LogP contribution >= 0.6 is 0 Å². The van der Waals surface area contributed by atoms with E-state index >= 15 is 0 Å². The highest BCUT2D eigenvalue weighted by Gasteiger charge is 2.75. The van der Waals surface area contributed by atoms with E-state index in [0.29, 0.717) is 0 Å². The largest absolute Gasteiger partial charge is 0.748 e. The van der Waals surface area contributed by atoms with Crippen LogP contribution in [0.3, 0.4) is 0 Å². The summed E-state index contributed by atoms with van der Waals surface area (Å²) in [6.45, 7) is 3.32. The van der Waals surface area contributed by atoms with Gasteiger partial charge in [-0.3, -0.25) is 4.79 Å². The van der Waals surface area contributed by atoms with Crippen molar-refractivity contribution in [2.45, 2.75) is 69.9 Å². The van der Waals surface area contributed by atoms with Crippen LogP contribution < -0.4 is 0 Å². The lowest BCUT2D eigenvalue weighted by atomic mass is 9.87. The SMILES string of the molecule is CC(C)[C@@H](O)OC1CCC(C(=O)OC(CS(=O)(=O)[O-])(C(F)(F)F)C(F)(F)F)CC1. The van der Waals surface area contributed by atoms with Gasteiger partial charge in [0.05, 0.1) is 27.9 Å². The Hall–Kier alpha value is -1.12. The van der Waals surface area contributed by atoms with E-state index in [2.05, 4.69) is 4.74 Å². The Labute approximate surface area is 163 Å². The molecule has 0 aliphatic heterocycles. The normalized spacial score (nSPS) is 23.1. The lowest BCUT2D eigenvalue weighted by Crippen LogP contribution is -2.64. The number of carbonyl (C=O) groups excluding carboxylic acids is 1. The Morgan fingerprint density at radius 2 is 1.52 bits per heavy atom. The third-order valence-electron chi connectivity index (χ3n) is 4.48. The highest BCUT2D eigenvalue weighted by atomic mass is 32.2. The molecule has 1 rings (SSSR count). The fraction of sp³-hybridized carbons (Fsp3) is 0.933. The van der Waals surface area contributed by atoms with Crippen molar-refractivity contribution in [2.24, 2.45) is 11.8 Å². The number of alkyl halides is 6. The van der Waals surface area contributed by atoms with Crippen molar-refractivity contribution in [2.75, 3.05) is 5.75 Å². The highest BCUT2D eigenvalue weighted by Crippen LogP contribution is 2.47. The number of aliphatic hydroxyl groups is 1. The second-order valence-corrected chi connectivity index (χ2v) is 8.59. The van der Waals surface area contributed by atoms with E-state index in [4.69, 9.17) is 4.74 Å². The lowest BCUT2D eigenvalue weighted by Gasteiger charge is -2.38. The van der Waals surface area contributed by atoms with Crippen LogP contribution in [0.1, 0.15) is 39.5 Å². The van der Waals surface area contributed by atoms with E-state index in [-0.39, 0.29) is 31.6 Å². The van der Waals surface area contributed by atoms with Crippen molar-refractivity contribution in [3.63, 3.8) is 0 Å². The fourth-order valence-corrected chi connectivity index (χ4v) is 3.65. The van der Waals surface area contributed by atoms with E-state index < -0.39 is 58.1 Å². The standard InChI is InChI=1S/C15H22F6O7S/c1-8(2)11(22)27-10-5-3-9(4-6-10)12(23)28-13(14(16,17)18,15(19,20)21)7-29(24,25)26/h8-11,22H,3-7H2,1-2H3,(H,24,25,26)/p-1/t9?,10?,11-/m0/s1. The van der Waals surface area contributed by atoms with Crippen LogP contribution in [0, 0.1) is 11.8 Å². The summed E-state index contributed by atoms with van der Waals surface area (Å²) in [5.74, 6) is -6.57. The maximum atomic E-state index is 13.2. The zero-order valence-corrected chi connectivity index (χ0v) is 16.2. The van der Waals surface area contributed by atoms with E-state index in [1.165, 1.54) is 0 Å². The molecule has 0 spiro atoms. The molecule has 0 aromatic rings. The number of aliphatic hydroxyl groups excluding tert-OH is 1. The maximum absolute atomic E-state index is 13.2. The molecule has 29 heavy (non-hydrogen) atoms. The van der Waals surface area contributed by atoms with Crippen LogP contribution in [0.2, 0.25) is 0 Å². The molecule has 1 aliphatic rings. The van der Waals surface area contributed by atoms with Crippen LogP contribution in [-0.4, -0.2) is 60.1 Å². The summed E-state index contributed by atoms with van der Waals surface area (Å²) in [6.07, 6.45) is -14.8. The molecule has 7 nitrogen and oxygen atoms in total. The number of halogens is 6. The summed E-state index contributed by atoms with van der Waals surface area (Å²) in [4.78, 5) is 12.0. The predicted molar refractivity (Wildman–Crippen MR) is 83.2 cm³/mol. The first-order valence-electron chi connectivity index (χ1n) is 8.53. The Bertz CT molecular complexity index is 652. The minimum absolute atomic E-state index is 0.0500. The summed E-state index contributed by atoms with van der Waals surface area (Å²) < 4.78 is 120. The van der Waals surface area contributed by atoms with E-state index in [0.717, 1.165) is 0 Å². The molecule has 0 aromatic carbocycles. The van der Waals surface area contributed by atoms with Gasteiger partial charge in [0, 0.05) is 5.92 Å². The van der Waals surface area contributed by atoms with Gasteiger partial charge in [-0.05, 0) is 25.7 Å². The first-order chi connectivity index (χ1) is 12.9. The summed E-state index contributed by atoms with van der Waals surface area (Å²) >= 11 is 0. The number of rotatable bonds is 7. The van der Waals surface area contributed by atoms with Crippen LogP contribution in [0.5, 0.6) is 0 Å². The molecule has 0 saturated heterocycles. The van der Waals surface area contributed by atoms with Gasteiger partial charge in [-0.15, -0.1) is 0 Å². The van der Waals surface area contributed by atoms with Gasteiger partial charge < -0.3 is 19.1 Å². The molecule has 0 radical (unpaired) electrons. The molecule has 0 heterocycles. The molecule has 14 heteroatoms. The number of esters is 1. The van der Waals surface area contributed by atoms with Crippen molar-refractivity contribution in [1.29, 1.82) is 0 Å². The number of carbonyl (C=O) groups is 1. The van der Waals surface area contributed by atoms with Crippen molar-refractivity contribution in [3.05, 3.63) is 0 Å². The van der Waals surface area contributed by atoms with Gasteiger partial charge in [0.1, 0.15) is 0 Å². The summed E-state index contributed by atoms with van der Waals surface area (Å²) in [6, 6.07) is 0. The molecule has 1 fully saturated rings. The lowest BCUT2D eigenvalue weighted by molar-refractivity contribution is -0.362. The third-order valence-corrected chi connectivity index (χ3v) is 5.24.